The minimum atomic E-state index is -3.48. The molecule has 0 radical (unpaired) electrons. The summed E-state index contributed by atoms with van der Waals surface area (Å²) in [6.45, 7) is 5.34. The van der Waals surface area contributed by atoms with Crippen LogP contribution in [0.5, 0.6) is 0 Å². The molecule has 0 saturated carbocycles. The second kappa shape index (κ2) is 4.25. The van der Waals surface area contributed by atoms with Gasteiger partial charge in [-0.25, -0.2) is 13.1 Å². The Morgan fingerprint density at radius 3 is 2.33 bits per heavy atom. The third-order valence-electron chi connectivity index (χ3n) is 1.35. The highest BCUT2D eigenvalue weighted by molar-refractivity contribution is 7.92. The SMILES string of the molecule is CC(C)(C)NS(=O)(=O)c1cc(Cl)c(S)s1. The van der Waals surface area contributed by atoms with Gasteiger partial charge in [-0.1, -0.05) is 11.6 Å². The molecule has 86 valence electrons. The summed E-state index contributed by atoms with van der Waals surface area (Å²) in [7, 11) is -3.48. The zero-order valence-corrected chi connectivity index (χ0v) is 11.8. The number of sulfonamides is 1. The van der Waals surface area contributed by atoms with Crippen molar-refractivity contribution in [3.63, 3.8) is 0 Å². The Bertz CT molecular complexity index is 439. The average Bonchev–Trinajstić information content (AvgIpc) is 2.27. The van der Waals surface area contributed by atoms with Gasteiger partial charge in [-0.2, -0.15) is 0 Å². The summed E-state index contributed by atoms with van der Waals surface area (Å²) in [6.07, 6.45) is 0. The number of halogens is 1. The van der Waals surface area contributed by atoms with Crippen LogP contribution in [0.1, 0.15) is 20.8 Å². The highest BCUT2D eigenvalue weighted by Crippen LogP contribution is 2.33. The van der Waals surface area contributed by atoms with Gasteiger partial charge in [0.1, 0.15) is 4.21 Å². The molecule has 0 aromatic carbocycles. The molecule has 1 N–H and O–H groups in total. The van der Waals surface area contributed by atoms with E-state index in [1.807, 2.05) is 0 Å². The van der Waals surface area contributed by atoms with Crippen LogP contribution in [0.4, 0.5) is 0 Å². The van der Waals surface area contributed by atoms with Crippen molar-refractivity contribution in [1.82, 2.24) is 4.72 Å². The molecule has 0 atom stereocenters. The first-order valence-electron chi connectivity index (χ1n) is 4.14. The number of hydrogen-bond acceptors (Lipinski definition) is 4. The molecule has 0 aliphatic heterocycles. The Balaban J connectivity index is 3.07. The quantitative estimate of drug-likeness (QED) is 0.821. The molecule has 0 aliphatic rings. The molecule has 0 aliphatic carbocycles. The van der Waals surface area contributed by atoms with Crippen molar-refractivity contribution in [2.24, 2.45) is 0 Å². The molecular formula is C8H12ClNO2S3. The number of rotatable bonds is 2. The smallest absolute Gasteiger partial charge is 0.206 e. The maximum Gasteiger partial charge on any atom is 0.250 e. The monoisotopic (exact) mass is 285 g/mol. The Labute approximate surface area is 104 Å². The predicted octanol–water partition coefficient (Wildman–Crippen LogP) is 2.77. The normalized spacial score (nSPS) is 13.1. The number of hydrogen-bond donors (Lipinski definition) is 2. The fraction of sp³-hybridized carbons (Fsp3) is 0.500. The van der Waals surface area contributed by atoms with E-state index in [2.05, 4.69) is 17.4 Å². The van der Waals surface area contributed by atoms with Crippen LogP contribution in [0, 0.1) is 0 Å². The molecule has 0 fully saturated rings. The van der Waals surface area contributed by atoms with Gasteiger partial charge < -0.3 is 0 Å². The molecule has 0 unspecified atom stereocenters. The maximum atomic E-state index is 11.8. The van der Waals surface area contributed by atoms with E-state index in [4.69, 9.17) is 11.6 Å². The molecule has 1 aromatic heterocycles. The Morgan fingerprint density at radius 2 is 2.00 bits per heavy atom. The van der Waals surface area contributed by atoms with Crippen molar-refractivity contribution >= 4 is 45.6 Å². The van der Waals surface area contributed by atoms with Crippen molar-refractivity contribution in [1.29, 1.82) is 0 Å². The topological polar surface area (TPSA) is 46.2 Å². The van der Waals surface area contributed by atoms with Crippen LogP contribution >= 0.6 is 35.6 Å². The van der Waals surface area contributed by atoms with Gasteiger partial charge in [0.25, 0.3) is 10.0 Å². The zero-order valence-electron chi connectivity index (χ0n) is 8.54. The number of nitrogens with one attached hydrogen (secondary N) is 1. The van der Waals surface area contributed by atoms with Crippen molar-refractivity contribution < 1.29 is 8.42 Å². The highest BCUT2D eigenvalue weighted by Gasteiger charge is 2.24. The summed E-state index contributed by atoms with van der Waals surface area (Å²) in [5, 5.41) is 0.359. The second-order valence-electron chi connectivity index (χ2n) is 4.07. The van der Waals surface area contributed by atoms with E-state index in [-0.39, 0.29) is 4.21 Å². The molecule has 1 heterocycles. The van der Waals surface area contributed by atoms with Crippen LogP contribution in [0.15, 0.2) is 14.5 Å². The maximum absolute atomic E-state index is 11.8. The predicted molar refractivity (Wildman–Crippen MR) is 66.7 cm³/mol. The van der Waals surface area contributed by atoms with Crippen molar-refractivity contribution in [2.75, 3.05) is 0 Å². The molecule has 3 nitrogen and oxygen atoms in total. The molecule has 1 rings (SSSR count). The van der Waals surface area contributed by atoms with Gasteiger partial charge in [0.2, 0.25) is 0 Å². The summed E-state index contributed by atoms with van der Waals surface area (Å²) in [4.78, 5) is 0. The summed E-state index contributed by atoms with van der Waals surface area (Å²) >= 11 is 10.8. The van der Waals surface area contributed by atoms with E-state index in [0.29, 0.717) is 9.23 Å². The van der Waals surface area contributed by atoms with Crippen LogP contribution in [-0.4, -0.2) is 14.0 Å². The molecule has 15 heavy (non-hydrogen) atoms. The van der Waals surface area contributed by atoms with Crippen LogP contribution in [-0.2, 0) is 10.0 Å². The third-order valence-corrected chi connectivity index (χ3v) is 5.58. The summed E-state index contributed by atoms with van der Waals surface area (Å²) in [6, 6.07) is 1.41. The minimum absolute atomic E-state index is 0.187. The van der Waals surface area contributed by atoms with Gasteiger partial charge in [0.15, 0.2) is 0 Å². The molecule has 0 saturated heterocycles. The van der Waals surface area contributed by atoms with Crippen LogP contribution in [0.25, 0.3) is 0 Å². The Hall–Kier alpha value is 0.250. The summed E-state index contributed by atoms with van der Waals surface area (Å²) < 4.78 is 26.9. The zero-order chi connectivity index (χ0) is 11.9. The van der Waals surface area contributed by atoms with Gasteiger partial charge in [0, 0.05) is 5.54 Å². The van der Waals surface area contributed by atoms with Gasteiger partial charge in [-0.05, 0) is 26.8 Å². The Morgan fingerprint density at radius 1 is 1.47 bits per heavy atom. The molecule has 0 spiro atoms. The lowest BCUT2D eigenvalue weighted by Gasteiger charge is -2.19. The standard InChI is InChI=1S/C8H12ClNO2S3/c1-8(2,3)10-15(11,12)6-4-5(9)7(13)14-6/h4,10,13H,1-3H3. The lowest BCUT2D eigenvalue weighted by molar-refractivity contribution is 0.492. The number of thiophene rings is 1. The fourth-order valence-electron chi connectivity index (χ4n) is 0.925. The van der Waals surface area contributed by atoms with E-state index >= 15 is 0 Å². The molecule has 0 amide bonds. The van der Waals surface area contributed by atoms with Crippen LogP contribution in [0.2, 0.25) is 5.02 Å². The second-order valence-corrected chi connectivity index (χ2v) is 8.19. The first-order valence-corrected chi connectivity index (χ1v) is 7.26. The minimum Gasteiger partial charge on any atom is -0.206 e. The van der Waals surface area contributed by atoms with Gasteiger partial charge in [0.05, 0.1) is 9.23 Å². The lowest BCUT2D eigenvalue weighted by Crippen LogP contribution is -2.40. The van der Waals surface area contributed by atoms with E-state index in [1.165, 1.54) is 6.07 Å². The summed E-state index contributed by atoms with van der Waals surface area (Å²) in [5.41, 5.74) is -0.508. The van der Waals surface area contributed by atoms with Crippen molar-refractivity contribution in [2.45, 2.75) is 34.7 Å². The fourth-order valence-corrected chi connectivity index (χ4v) is 4.34. The largest absolute Gasteiger partial charge is 0.250 e. The van der Waals surface area contributed by atoms with Gasteiger partial charge >= 0.3 is 0 Å². The average molecular weight is 286 g/mol. The highest BCUT2D eigenvalue weighted by atomic mass is 35.5. The Kier molecular flexibility index (Phi) is 3.78. The first kappa shape index (κ1) is 13.3. The number of thiol groups is 1. The van der Waals surface area contributed by atoms with Gasteiger partial charge in [-0.15, -0.1) is 24.0 Å². The molecule has 0 bridgehead atoms. The van der Waals surface area contributed by atoms with Crippen molar-refractivity contribution in [3.05, 3.63) is 11.1 Å². The molecular weight excluding hydrogens is 274 g/mol. The third kappa shape index (κ3) is 3.64. The lowest BCUT2D eigenvalue weighted by atomic mass is 10.1. The summed E-state index contributed by atoms with van der Waals surface area (Å²) in [5.74, 6) is 0. The van der Waals surface area contributed by atoms with E-state index < -0.39 is 15.6 Å². The van der Waals surface area contributed by atoms with Crippen LogP contribution in [0.3, 0.4) is 0 Å². The van der Waals surface area contributed by atoms with E-state index in [0.717, 1.165) is 11.3 Å². The van der Waals surface area contributed by atoms with E-state index in [9.17, 15) is 8.42 Å². The van der Waals surface area contributed by atoms with Gasteiger partial charge in [-0.3, -0.25) is 0 Å². The molecule has 1 aromatic rings. The van der Waals surface area contributed by atoms with Crippen molar-refractivity contribution in [3.8, 4) is 0 Å². The van der Waals surface area contributed by atoms with E-state index in [1.54, 1.807) is 20.8 Å². The molecule has 7 heteroatoms. The van der Waals surface area contributed by atoms with Crippen LogP contribution < -0.4 is 4.72 Å². The first-order chi connectivity index (χ1) is 6.62.